The first kappa shape index (κ1) is 13.7. The minimum atomic E-state index is -1.06. The topological polar surface area (TPSA) is 77.8 Å². The van der Waals surface area contributed by atoms with E-state index in [0.29, 0.717) is 10.4 Å². The largest absolute Gasteiger partial charge is 0.391 e. The summed E-state index contributed by atoms with van der Waals surface area (Å²) in [5.41, 5.74) is 0.532. The molecule has 6 heteroatoms. The highest BCUT2D eigenvalue weighted by Gasteiger charge is 2.22. The van der Waals surface area contributed by atoms with Gasteiger partial charge in [-0.25, -0.2) is 0 Å². The Morgan fingerprint density at radius 1 is 1.56 bits per heavy atom. The van der Waals surface area contributed by atoms with Crippen LogP contribution in [0.2, 0.25) is 0 Å². The lowest BCUT2D eigenvalue weighted by Gasteiger charge is -2.17. The first-order valence-electron chi connectivity index (χ1n) is 4.73. The van der Waals surface area contributed by atoms with E-state index in [-0.39, 0.29) is 17.5 Å². The standard InChI is InChI=1S/C10H14O4S2/c1-6(12)16-5-8(13)10(14)7-2-3-15-9(7)4-11/h2-3,8,10-11,13-14H,4-5H2,1H3. The Hall–Kier alpha value is -0.400. The van der Waals surface area contributed by atoms with Crippen LogP contribution in [0.1, 0.15) is 23.5 Å². The van der Waals surface area contributed by atoms with Gasteiger partial charge in [-0.2, -0.15) is 0 Å². The molecule has 0 spiro atoms. The van der Waals surface area contributed by atoms with Gasteiger partial charge in [0.05, 0.1) is 12.7 Å². The molecule has 1 rings (SSSR count). The van der Waals surface area contributed by atoms with Crippen LogP contribution in [0.25, 0.3) is 0 Å². The van der Waals surface area contributed by atoms with Crippen molar-refractivity contribution in [3.63, 3.8) is 0 Å². The molecule has 2 unspecified atom stereocenters. The predicted molar refractivity (Wildman–Crippen MR) is 64.3 cm³/mol. The van der Waals surface area contributed by atoms with Crippen LogP contribution in [-0.4, -0.2) is 32.3 Å². The number of hydrogen-bond acceptors (Lipinski definition) is 6. The van der Waals surface area contributed by atoms with Gasteiger partial charge in [-0.15, -0.1) is 11.3 Å². The van der Waals surface area contributed by atoms with Crippen molar-refractivity contribution in [2.24, 2.45) is 0 Å². The first-order chi connectivity index (χ1) is 7.56. The van der Waals surface area contributed by atoms with Gasteiger partial charge >= 0.3 is 0 Å². The highest BCUT2D eigenvalue weighted by molar-refractivity contribution is 8.13. The average molecular weight is 262 g/mol. The molecule has 0 saturated carbocycles. The van der Waals surface area contributed by atoms with Crippen LogP contribution >= 0.6 is 23.1 Å². The van der Waals surface area contributed by atoms with Crippen molar-refractivity contribution in [2.75, 3.05) is 5.75 Å². The fraction of sp³-hybridized carbons (Fsp3) is 0.500. The molecule has 16 heavy (non-hydrogen) atoms. The number of thiophene rings is 1. The van der Waals surface area contributed by atoms with Gasteiger partial charge in [0.25, 0.3) is 0 Å². The summed E-state index contributed by atoms with van der Waals surface area (Å²) in [6, 6.07) is 1.67. The normalized spacial score (nSPS) is 14.8. The van der Waals surface area contributed by atoms with Gasteiger partial charge in [-0.1, -0.05) is 11.8 Å². The lowest BCUT2D eigenvalue weighted by atomic mass is 10.1. The summed E-state index contributed by atoms with van der Waals surface area (Å²) >= 11 is 2.30. The molecule has 90 valence electrons. The molecule has 1 heterocycles. The Kier molecular flexibility index (Phi) is 5.43. The smallest absolute Gasteiger partial charge is 0.185 e. The second kappa shape index (κ2) is 6.36. The molecule has 2 atom stereocenters. The van der Waals surface area contributed by atoms with E-state index in [1.165, 1.54) is 18.3 Å². The van der Waals surface area contributed by atoms with Crippen molar-refractivity contribution < 1.29 is 20.1 Å². The minimum Gasteiger partial charge on any atom is -0.391 e. The van der Waals surface area contributed by atoms with Gasteiger partial charge in [0.2, 0.25) is 0 Å². The monoisotopic (exact) mass is 262 g/mol. The maximum absolute atomic E-state index is 10.7. The van der Waals surface area contributed by atoms with E-state index in [9.17, 15) is 15.0 Å². The number of thioether (sulfide) groups is 1. The maximum Gasteiger partial charge on any atom is 0.185 e. The third-order valence-electron chi connectivity index (χ3n) is 2.06. The number of carbonyl (C=O) groups excluding carboxylic acids is 1. The van der Waals surface area contributed by atoms with Gasteiger partial charge in [0.15, 0.2) is 5.12 Å². The summed E-state index contributed by atoms with van der Waals surface area (Å²) in [5.74, 6) is 0.150. The third-order valence-corrected chi connectivity index (χ3v) is 3.90. The molecule has 0 aliphatic carbocycles. The molecule has 4 nitrogen and oxygen atoms in total. The van der Waals surface area contributed by atoms with E-state index in [2.05, 4.69) is 0 Å². The van der Waals surface area contributed by atoms with Gasteiger partial charge in [0, 0.05) is 17.6 Å². The molecular weight excluding hydrogens is 248 g/mol. The minimum absolute atomic E-state index is 0.0982. The first-order valence-corrected chi connectivity index (χ1v) is 6.59. The van der Waals surface area contributed by atoms with Gasteiger partial charge < -0.3 is 15.3 Å². The number of hydrogen-bond donors (Lipinski definition) is 3. The molecule has 0 amide bonds. The van der Waals surface area contributed by atoms with E-state index in [0.717, 1.165) is 11.8 Å². The number of aliphatic hydroxyl groups excluding tert-OH is 3. The fourth-order valence-electron chi connectivity index (χ4n) is 1.24. The number of rotatable bonds is 5. The summed E-state index contributed by atoms with van der Waals surface area (Å²) in [6.07, 6.45) is -2.06. The van der Waals surface area contributed by atoms with Crippen molar-refractivity contribution in [3.8, 4) is 0 Å². The highest BCUT2D eigenvalue weighted by Crippen LogP contribution is 2.27. The van der Waals surface area contributed by atoms with Crippen molar-refractivity contribution in [2.45, 2.75) is 25.7 Å². The Morgan fingerprint density at radius 2 is 2.25 bits per heavy atom. The third kappa shape index (κ3) is 3.57. The number of carbonyl (C=O) groups is 1. The lowest BCUT2D eigenvalue weighted by Crippen LogP contribution is -2.21. The second-order valence-corrected chi connectivity index (χ2v) is 5.47. The molecule has 0 aromatic carbocycles. The van der Waals surface area contributed by atoms with Gasteiger partial charge in [0.1, 0.15) is 6.10 Å². The van der Waals surface area contributed by atoms with Crippen LogP contribution in [-0.2, 0) is 11.4 Å². The summed E-state index contributed by atoms with van der Waals surface area (Å²) < 4.78 is 0. The zero-order chi connectivity index (χ0) is 12.1. The van der Waals surface area contributed by atoms with Crippen molar-refractivity contribution in [1.82, 2.24) is 0 Å². The van der Waals surface area contributed by atoms with E-state index in [1.54, 1.807) is 11.4 Å². The van der Waals surface area contributed by atoms with Crippen LogP contribution in [0.4, 0.5) is 0 Å². The summed E-state index contributed by atoms with van der Waals surface area (Å²) in [5, 5.41) is 30.1. The fourth-order valence-corrected chi connectivity index (χ4v) is 2.61. The van der Waals surface area contributed by atoms with Crippen LogP contribution in [0.3, 0.4) is 0 Å². The van der Waals surface area contributed by atoms with Crippen molar-refractivity contribution in [3.05, 3.63) is 21.9 Å². The highest BCUT2D eigenvalue weighted by atomic mass is 32.2. The Bertz CT molecular complexity index is 350. The van der Waals surface area contributed by atoms with Crippen LogP contribution in [0.5, 0.6) is 0 Å². The molecule has 0 radical (unpaired) electrons. The van der Waals surface area contributed by atoms with Gasteiger partial charge in [-0.3, -0.25) is 4.79 Å². The van der Waals surface area contributed by atoms with Crippen molar-refractivity contribution >= 4 is 28.2 Å². The van der Waals surface area contributed by atoms with E-state index in [4.69, 9.17) is 5.11 Å². The van der Waals surface area contributed by atoms with E-state index < -0.39 is 12.2 Å². The molecular formula is C10H14O4S2. The predicted octanol–water partition coefficient (Wildman–Crippen LogP) is 0.914. The Balaban J connectivity index is 2.62. The summed E-state index contributed by atoms with van der Waals surface area (Å²) in [7, 11) is 0. The maximum atomic E-state index is 10.7. The lowest BCUT2D eigenvalue weighted by molar-refractivity contribution is -0.109. The molecule has 1 aromatic heterocycles. The van der Waals surface area contributed by atoms with E-state index in [1.807, 2.05) is 0 Å². The quantitative estimate of drug-likeness (QED) is 0.735. The van der Waals surface area contributed by atoms with Crippen LogP contribution < -0.4 is 0 Å². The molecule has 0 fully saturated rings. The molecule has 0 aliphatic heterocycles. The SMILES string of the molecule is CC(=O)SCC(O)C(O)c1ccsc1CO. The molecule has 0 bridgehead atoms. The zero-order valence-corrected chi connectivity index (χ0v) is 10.4. The van der Waals surface area contributed by atoms with Gasteiger partial charge in [-0.05, 0) is 17.0 Å². The molecule has 0 saturated heterocycles. The molecule has 1 aromatic rings. The Morgan fingerprint density at radius 3 is 2.81 bits per heavy atom. The molecule has 3 N–H and O–H groups in total. The second-order valence-electron chi connectivity index (χ2n) is 3.27. The van der Waals surface area contributed by atoms with E-state index >= 15 is 0 Å². The van der Waals surface area contributed by atoms with Crippen LogP contribution in [0.15, 0.2) is 11.4 Å². The summed E-state index contributed by atoms with van der Waals surface area (Å²) in [6.45, 7) is 1.25. The number of aliphatic hydroxyl groups is 3. The van der Waals surface area contributed by atoms with Crippen molar-refractivity contribution in [1.29, 1.82) is 0 Å². The Labute approximate surface area is 102 Å². The average Bonchev–Trinajstić information content (AvgIpc) is 2.72. The van der Waals surface area contributed by atoms with Crippen LogP contribution in [0, 0.1) is 0 Å². The zero-order valence-electron chi connectivity index (χ0n) is 8.79. The summed E-state index contributed by atoms with van der Waals surface area (Å²) in [4.78, 5) is 11.4. The molecule has 0 aliphatic rings.